The minimum Gasteiger partial charge on any atom is -0.330 e. The van der Waals surface area contributed by atoms with E-state index in [0.29, 0.717) is 13.1 Å². The molecule has 0 amide bonds. The van der Waals surface area contributed by atoms with Gasteiger partial charge >= 0.3 is 0 Å². The van der Waals surface area contributed by atoms with Gasteiger partial charge in [0.2, 0.25) is 0 Å². The SMILES string of the molecule is [N-]=[N+]=NC(CCCN)CCCC(CCCN)N=[N+]=[N-]. The second kappa shape index (κ2) is 13.0. The van der Waals surface area contributed by atoms with Crippen molar-refractivity contribution in [2.45, 2.75) is 57.0 Å². The van der Waals surface area contributed by atoms with Crippen molar-refractivity contribution < 1.29 is 0 Å². The predicted octanol–water partition coefficient (Wildman–Crippen LogP) is 2.99. The van der Waals surface area contributed by atoms with Crippen molar-refractivity contribution >= 4 is 0 Å². The van der Waals surface area contributed by atoms with Gasteiger partial charge in [-0.3, -0.25) is 0 Å². The summed E-state index contributed by atoms with van der Waals surface area (Å²) in [7, 11) is 0. The molecule has 0 saturated heterocycles. The Labute approximate surface area is 113 Å². The lowest BCUT2D eigenvalue weighted by Gasteiger charge is -2.13. The molecule has 0 rings (SSSR count). The van der Waals surface area contributed by atoms with Gasteiger partial charge in [-0.15, -0.1) is 0 Å². The highest BCUT2D eigenvalue weighted by Crippen LogP contribution is 2.16. The lowest BCUT2D eigenvalue weighted by Crippen LogP contribution is -2.11. The summed E-state index contributed by atoms with van der Waals surface area (Å²) in [5.74, 6) is 0. The molecule has 0 saturated carbocycles. The zero-order valence-electron chi connectivity index (χ0n) is 11.4. The Bertz CT molecular complexity index is 276. The molecule has 0 aliphatic rings. The van der Waals surface area contributed by atoms with Gasteiger partial charge in [-0.25, -0.2) is 0 Å². The second-order valence-corrected chi connectivity index (χ2v) is 4.51. The molecular weight excluding hydrogens is 244 g/mol. The summed E-state index contributed by atoms with van der Waals surface area (Å²) < 4.78 is 0. The van der Waals surface area contributed by atoms with E-state index in [1.807, 2.05) is 0 Å². The van der Waals surface area contributed by atoms with Crippen LogP contribution in [-0.4, -0.2) is 25.2 Å². The highest BCUT2D eigenvalue weighted by atomic mass is 15.2. The van der Waals surface area contributed by atoms with Crippen LogP contribution in [0, 0.1) is 0 Å². The zero-order chi connectivity index (χ0) is 14.3. The second-order valence-electron chi connectivity index (χ2n) is 4.51. The molecule has 0 bridgehead atoms. The lowest BCUT2D eigenvalue weighted by molar-refractivity contribution is 0.471. The Balaban J connectivity index is 4.04. The molecule has 0 aliphatic carbocycles. The third-order valence-electron chi connectivity index (χ3n) is 2.99. The van der Waals surface area contributed by atoms with E-state index in [2.05, 4.69) is 20.1 Å². The molecular formula is C11H24N8. The molecule has 0 aliphatic heterocycles. The monoisotopic (exact) mass is 268 g/mol. The van der Waals surface area contributed by atoms with Crippen LogP contribution in [-0.2, 0) is 0 Å². The highest BCUT2D eigenvalue weighted by molar-refractivity contribution is 4.72. The molecule has 19 heavy (non-hydrogen) atoms. The molecule has 0 fully saturated rings. The third-order valence-corrected chi connectivity index (χ3v) is 2.99. The quantitative estimate of drug-likeness (QED) is 0.318. The van der Waals surface area contributed by atoms with E-state index in [0.717, 1.165) is 44.9 Å². The molecule has 4 N–H and O–H groups in total. The highest BCUT2D eigenvalue weighted by Gasteiger charge is 2.09. The maximum absolute atomic E-state index is 8.49. The average molecular weight is 268 g/mol. The van der Waals surface area contributed by atoms with Crippen molar-refractivity contribution in [3.8, 4) is 0 Å². The zero-order valence-corrected chi connectivity index (χ0v) is 11.4. The fourth-order valence-corrected chi connectivity index (χ4v) is 1.96. The van der Waals surface area contributed by atoms with E-state index in [9.17, 15) is 0 Å². The van der Waals surface area contributed by atoms with Crippen molar-refractivity contribution in [3.05, 3.63) is 20.9 Å². The summed E-state index contributed by atoms with van der Waals surface area (Å²) in [5, 5.41) is 7.54. The van der Waals surface area contributed by atoms with Crippen LogP contribution in [0.5, 0.6) is 0 Å². The standard InChI is InChI=1S/C11H24N8/c12-8-2-6-10(16-18-14)4-1-5-11(17-19-15)7-3-9-13/h10-11H,1-9,12-13H2. The largest absolute Gasteiger partial charge is 0.330 e. The van der Waals surface area contributed by atoms with E-state index in [1.54, 1.807) is 0 Å². The fourth-order valence-electron chi connectivity index (χ4n) is 1.96. The number of hydrogen-bond acceptors (Lipinski definition) is 4. The molecule has 0 aromatic rings. The molecule has 108 valence electrons. The van der Waals surface area contributed by atoms with E-state index >= 15 is 0 Å². The van der Waals surface area contributed by atoms with Crippen molar-refractivity contribution in [2.24, 2.45) is 21.7 Å². The summed E-state index contributed by atoms with van der Waals surface area (Å²) in [6.07, 6.45) is 5.84. The van der Waals surface area contributed by atoms with E-state index in [1.165, 1.54) is 0 Å². The molecule has 2 unspecified atom stereocenters. The van der Waals surface area contributed by atoms with Crippen LogP contribution >= 0.6 is 0 Å². The van der Waals surface area contributed by atoms with Gasteiger partial charge in [0, 0.05) is 21.9 Å². The summed E-state index contributed by atoms with van der Waals surface area (Å²) in [5.41, 5.74) is 27.9. The first-order valence-corrected chi connectivity index (χ1v) is 6.77. The Morgan fingerprint density at radius 3 is 1.42 bits per heavy atom. The Kier molecular flexibility index (Phi) is 12.0. The summed E-state index contributed by atoms with van der Waals surface area (Å²) in [6.45, 7) is 1.21. The van der Waals surface area contributed by atoms with Gasteiger partial charge in [-0.05, 0) is 62.7 Å². The number of rotatable bonds is 12. The van der Waals surface area contributed by atoms with Gasteiger partial charge in [0.25, 0.3) is 0 Å². The van der Waals surface area contributed by atoms with Crippen LogP contribution < -0.4 is 11.5 Å². The number of nitrogens with zero attached hydrogens (tertiary/aromatic N) is 6. The Morgan fingerprint density at radius 1 is 0.737 bits per heavy atom. The Morgan fingerprint density at radius 2 is 1.11 bits per heavy atom. The molecule has 8 nitrogen and oxygen atoms in total. The Hall–Kier alpha value is -1.46. The smallest absolute Gasteiger partial charge is 0.0374 e. The van der Waals surface area contributed by atoms with Gasteiger partial charge in [0.1, 0.15) is 0 Å². The maximum Gasteiger partial charge on any atom is 0.0374 e. The van der Waals surface area contributed by atoms with Crippen molar-refractivity contribution in [1.82, 2.24) is 0 Å². The minimum absolute atomic E-state index is 0.00484. The molecule has 0 aromatic heterocycles. The van der Waals surface area contributed by atoms with E-state index in [-0.39, 0.29) is 12.1 Å². The van der Waals surface area contributed by atoms with Crippen LogP contribution in [0.2, 0.25) is 0 Å². The number of hydrogen-bond donors (Lipinski definition) is 2. The van der Waals surface area contributed by atoms with Gasteiger partial charge in [-0.1, -0.05) is 16.6 Å². The fraction of sp³-hybridized carbons (Fsp3) is 1.00. The molecule has 0 aromatic carbocycles. The molecule has 0 heterocycles. The van der Waals surface area contributed by atoms with Crippen LogP contribution in [0.25, 0.3) is 20.9 Å². The molecule has 8 heteroatoms. The average Bonchev–Trinajstić information content (AvgIpc) is 2.42. The van der Waals surface area contributed by atoms with Gasteiger partial charge in [-0.2, -0.15) is 0 Å². The normalized spacial score (nSPS) is 13.2. The number of nitrogens with two attached hydrogens (primary N) is 2. The van der Waals surface area contributed by atoms with Crippen molar-refractivity contribution in [1.29, 1.82) is 0 Å². The van der Waals surface area contributed by atoms with Crippen molar-refractivity contribution in [3.63, 3.8) is 0 Å². The third kappa shape index (κ3) is 10.2. The lowest BCUT2D eigenvalue weighted by atomic mass is 10.0. The minimum atomic E-state index is -0.00484. The number of azide groups is 2. The first kappa shape index (κ1) is 17.5. The topological polar surface area (TPSA) is 150 Å². The molecule has 0 spiro atoms. The summed E-state index contributed by atoms with van der Waals surface area (Å²) >= 11 is 0. The van der Waals surface area contributed by atoms with E-state index < -0.39 is 0 Å². The maximum atomic E-state index is 8.49. The van der Waals surface area contributed by atoms with E-state index in [4.69, 9.17) is 22.5 Å². The predicted molar refractivity (Wildman–Crippen MR) is 76.3 cm³/mol. The first-order chi connectivity index (χ1) is 9.28. The van der Waals surface area contributed by atoms with Crippen molar-refractivity contribution in [2.75, 3.05) is 13.1 Å². The van der Waals surface area contributed by atoms with Crippen LogP contribution in [0.4, 0.5) is 0 Å². The van der Waals surface area contributed by atoms with Gasteiger partial charge in [0.15, 0.2) is 0 Å². The molecule has 0 radical (unpaired) electrons. The van der Waals surface area contributed by atoms with Gasteiger partial charge < -0.3 is 11.5 Å². The molecule has 2 atom stereocenters. The van der Waals surface area contributed by atoms with Crippen LogP contribution in [0.1, 0.15) is 44.9 Å². The first-order valence-electron chi connectivity index (χ1n) is 6.77. The van der Waals surface area contributed by atoms with Crippen LogP contribution in [0.3, 0.4) is 0 Å². The van der Waals surface area contributed by atoms with Crippen LogP contribution in [0.15, 0.2) is 10.2 Å². The van der Waals surface area contributed by atoms with Gasteiger partial charge in [0.05, 0.1) is 0 Å². The summed E-state index contributed by atoms with van der Waals surface area (Å²) in [4.78, 5) is 5.72. The summed E-state index contributed by atoms with van der Waals surface area (Å²) in [6, 6.07) is -0.00968.